The van der Waals surface area contributed by atoms with E-state index < -0.39 is 61.4 Å². The summed E-state index contributed by atoms with van der Waals surface area (Å²) in [4.78, 5) is 53.2. The zero-order chi connectivity index (χ0) is 33.4. The number of thioether (sulfide) groups is 1. The first kappa shape index (κ1) is 36.4. The number of carbonyl (C=O) groups excluding carboxylic acids is 3. The fourth-order valence-electron chi connectivity index (χ4n) is 4.38. The molecule has 2 aromatic rings. The van der Waals surface area contributed by atoms with Crippen molar-refractivity contribution in [3.05, 3.63) is 58.6 Å². The third kappa shape index (κ3) is 9.69. The number of benzene rings is 1. The molecule has 0 amide bonds. The van der Waals surface area contributed by atoms with Crippen LogP contribution in [0.15, 0.2) is 47.4 Å². The lowest BCUT2D eigenvalue weighted by atomic mass is 9.95. The molecule has 0 spiro atoms. The fourth-order valence-corrected chi connectivity index (χ4v) is 6.62. The molecule has 45 heavy (non-hydrogen) atoms. The van der Waals surface area contributed by atoms with Gasteiger partial charge in [-0.3, -0.25) is 28.0 Å². The Morgan fingerprint density at radius 2 is 1.87 bits per heavy atom. The molecule has 248 valence electrons. The van der Waals surface area contributed by atoms with Gasteiger partial charge in [-0.05, 0) is 32.4 Å². The number of anilines is 1. The summed E-state index contributed by atoms with van der Waals surface area (Å²) in [6.45, 7) is 5.97. The Balaban J connectivity index is 1.86. The van der Waals surface area contributed by atoms with Crippen molar-refractivity contribution >= 4 is 42.4 Å². The van der Waals surface area contributed by atoms with Gasteiger partial charge in [0.05, 0.1) is 25.2 Å². The highest BCUT2D eigenvalue weighted by Crippen LogP contribution is 2.48. The number of nitrogens with one attached hydrogen (secondary N) is 1. The minimum Gasteiger partial charge on any atom is -0.455 e. The Hall–Kier alpha value is -3.11. The third-order valence-corrected chi connectivity index (χ3v) is 9.45. The number of nitrogens with two attached hydrogens (primary N) is 1. The third-order valence-electron chi connectivity index (χ3n) is 6.71. The molecule has 0 aliphatic carbocycles. The van der Waals surface area contributed by atoms with E-state index in [9.17, 15) is 28.8 Å². The molecular formula is C28H39N4O11PS. The molecule has 5 atom stereocenters. The second-order valence-electron chi connectivity index (χ2n) is 11.0. The first-order valence-corrected chi connectivity index (χ1v) is 16.5. The van der Waals surface area contributed by atoms with Crippen LogP contribution in [0.4, 0.5) is 5.82 Å². The molecule has 0 saturated carbocycles. The van der Waals surface area contributed by atoms with Crippen molar-refractivity contribution in [3.63, 3.8) is 0 Å². The van der Waals surface area contributed by atoms with Crippen molar-refractivity contribution in [2.24, 2.45) is 5.41 Å². The van der Waals surface area contributed by atoms with Gasteiger partial charge >= 0.3 is 25.4 Å². The van der Waals surface area contributed by atoms with Gasteiger partial charge < -0.3 is 25.1 Å². The zero-order valence-corrected chi connectivity index (χ0v) is 27.4. The van der Waals surface area contributed by atoms with Gasteiger partial charge in [0, 0.05) is 32.3 Å². The average molecular weight is 671 g/mol. The summed E-state index contributed by atoms with van der Waals surface area (Å²) in [5.74, 6) is -1.44. The smallest absolute Gasteiger partial charge is 0.405 e. The van der Waals surface area contributed by atoms with Crippen LogP contribution in [0.5, 0.6) is 0 Å². The highest BCUT2D eigenvalue weighted by Gasteiger charge is 2.60. The van der Waals surface area contributed by atoms with E-state index in [0.29, 0.717) is 0 Å². The normalized spacial score (nSPS) is 22.8. The van der Waals surface area contributed by atoms with Gasteiger partial charge in [-0.15, -0.1) is 0 Å². The van der Waals surface area contributed by atoms with Crippen LogP contribution in [-0.2, 0) is 48.8 Å². The van der Waals surface area contributed by atoms with E-state index in [2.05, 4.69) is 10.1 Å². The molecule has 2 unspecified atom stereocenters. The van der Waals surface area contributed by atoms with E-state index in [0.717, 1.165) is 35.7 Å². The molecule has 4 N–H and O–H groups in total. The van der Waals surface area contributed by atoms with Gasteiger partial charge in [-0.25, -0.2) is 14.4 Å². The minimum atomic E-state index is -4.13. The summed E-state index contributed by atoms with van der Waals surface area (Å²) < 4.78 is 43.6. The zero-order valence-electron chi connectivity index (χ0n) is 25.7. The quantitative estimate of drug-likeness (QED) is 0.141. The number of nitrogen functional groups attached to an aromatic ring is 1. The number of hydrogen-bond acceptors (Lipinski definition) is 14. The largest absolute Gasteiger partial charge is 0.455 e. The van der Waals surface area contributed by atoms with Gasteiger partial charge in [0.15, 0.2) is 23.0 Å². The molecule has 15 nitrogen and oxygen atoms in total. The van der Waals surface area contributed by atoms with Crippen LogP contribution in [0, 0.1) is 5.41 Å². The molecular weight excluding hydrogens is 631 g/mol. The van der Waals surface area contributed by atoms with Crippen molar-refractivity contribution < 1.29 is 47.3 Å². The number of nitrogens with zero attached hydrogens (tertiary/aromatic N) is 2. The number of aliphatic hydroxyl groups is 1. The van der Waals surface area contributed by atoms with Crippen LogP contribution in [0.25, 0.3) is 0 Å². The van der Waals surface area contributed by atoms with E-state index in [4.69, 9.17) is 29.0 Å². The molecule has 3 rings (SSSR count). The number of aliphatic hydroxyl groups excluding tert-OH is 1. The first-order chi connectivity index (χ1) is 21.1. The molecule has 1 fully saturated rings. The number of ether oxygens (including phenoxy) is 3. The Morgan fingerprint density at radius 1 is 1.18 bits per heavy atom. The summed E-state index contributed by atoms with van der Waals surface area (Å²) in [5.41, 5.74) is 2.86. The average Bonchev–Trinajstić information content (AvgIpc) is 3.23. The van der Waals surface area contributed by atoms with Crippen molar-refractivity contribution in [1.29, 1.82) is 0 Å². The summed E-state index contributed by atoms with van der Waals surface area (Å²) in [6.07, 6.45) is -2.61. The number of esters is 2. The lowest BCUT2D eigenvalue weighted by Gasteiger charge is -2.34. The van der Waals surface area contributed by atoms with E-state index in [1.807, 2.05) is 6.07 Å². The summed E-state index contributed by atoms with van der Waals surface area (Å²) in [6, 6.07) is 10.4. The second-order valence-corrected chi connectivity index (χ2v) is 13.9. The standard InChI is InChI=1S/C28H39N4O11PS/c1-18(34)41-23-21(42-24(28(23,5)43-19(2)35)32-12-11-22(29)31-26(32)37)16-40-44(38,30-15-20-9-7-6-8-10-20)39-13-14-45-25(36)27(3,4)17-33/h6-12,21,23-24,33H,13-17H2,1-5H3,(H,30,38)(H2,29,31,37)/t21-,23?,24-,28+,44?/m1/s1. The number of aromatic nitrogens is 2. The highest BCUT2D eigenvalue weighted by atomic mass is 32.2. The summed E-state index contributed by atoms with van der Waals surface area (Å²) >= 11 is 0.913. The van der Waals surface area contributed by atoms with Crippen LogP contribution < -0.4 is 16.5 Å². The van der Waals surface area contributed by atoms with Gasteiger partial charge in [0.25, 0.3) is 0 Å². The van der Waals surface area contributed by atoms with E-state index in [1.54, 1.807) is 38.1 Å². The van der Waals surface area contributed by atoms with Crippen molar-refractivity contribution in [2.45, 2.75) is 65.2 Å². The maximum atomic E-state index is 13.9. The summed E-state index contributed by atoms with van der Waals surface area (Å²) in [5, 5.41) is 12.0. The van der Waals surface area contributed by atoms with Gasteiger partial charge in [0.1, 0.15) is 11.9 Å². The van der Waals surface area contributed by atoms with Gasteiger partial charge in [-0.2, -0.15) is 4.98 Å². The Bertz CT molecular complexity index is 1460. The molecule has 0 bridgehead atoms. The van der Waals surface area contributed by atoms with E-state index >= 15 is 0 Å². The van der Waals surface area contributed by atoms with E-state index in [1.165, 1.54) is 19.2 Å². The van der Waals surface area contributed by atoms with Crippen LogP contribution >= 0.6 is 19.5 Å². The molecule has 1 aliphatic rings. The van der Waals surface area contributed by atoms with Crippen molar-refractivity contribution in [2.75, 3.05) is 31.3 Å². The second kappa shape index (κ2) is 15.5. The van der Waals surface area contributed by atoms with Gasteiger partial charge in [0.2, 0.25) is 0 Å². The number of rotatable bonds is 15. The highest BCUT2D eigenvalue weighted by molar-refractivity contribution is 8.13. The maximum Gasteiger partial charge on any atom is 0.405 e. The van der Waals surface area contributed by atoms with Crippen LogP contribution in [-0.4, -0.2) is 75.1 Å². The first-order valence-electron chi connectivity index (χ1n) is 13.9. The predicted octanol–water partition coefficient (Wildman–Crippen LogP) is 2.19. The molecule has 1 aromatic heterocycles. The molecule has 0 radical (unpaired) electrons. The number of carbonyl (C=O) groups is 3. The van der Waals surface area contributed by atoms with Crippen molar-refractivity contribution in [3.8, 4) is 0 Å². The minimum absolute atomic E-state index is 0.0535. The maximum absolute atomic E-state index is 13.9. The lowest BCUT2D eigenvalue weighted by molar-refractivity contribution is -0.185. The Labute approximate surface area is 264 Å². The SMILES string of the molecule is CC(=O)OC1[C@@H](COP(=O)(NCc2ccccc2)OCCSC(=O)C(C)(C)CO)O[C@@H](n2ccc(N)nc2=O)[C@@]1(C)OC(C)=O. The van der Waals surface area contributed by atoms with Crippen LogP contribution in [0.2, 0.25) is 0 Å². The monoisotopic (exact) mass is 670 g/mol. The van der Waals surface area contributed by atoms with Crippen LogP contribution in [0.1, 0.15) is 46.4 Å². The Kier molecular flexibility index (Phi) is 12.5. The predicted molar refractivity (Wildman–Crippen MR) is 164 cm³/mol. The van der Waals surface area contributed by atoms with E-state index in [-0.39, 0.29) is 36.4 Å². The molecule has 2 heterocycles. The fraction of sp³-hybridized carbons (Fsp3) is 0.536. The lowest BCUT2D eigenvalue weighted by Crippen LogP contribution is -2.51. The number of hydrogen-bond donors (Lipinski definition) is 3. The van der Waals surface area contributed by atoms with Crippen LogP contribution in [0.3, 0.4) is 0 Å². The molecule has 1 aliphatic heterocycles. The Morgan fingerprint density at radius 3 is 2.47 bits per heavy atom. The summed E-state index contributed by atoms with van der Waals surface area (Å²) in [7, 11) is -4.13. The molecule has 1 saturated heterocycles. The molecule has 1 aromatic carbocycles. The topological polar surface area (TPSA) is 208 Å². The van der Waals surface area contributed by atoms with Crippen molar-refractivity contribution in [1.82, 2.24) is 14.6 Å². The van der Waals surface area contributed by atoms with Gasteiger partial charge in [-0.1, -0.05) is 42.1 Å². The molecule has 17 heteroatoms.